The average Bonchev–Trinajstić information content (AvgIpc) is 3.21. The summed E-state index contributed by atoms with van der Waals surface area (Å²) in [6, 6.07) is 30.2. The lowest BCUT2D eigenvalue weighted by molar-refractivity contribution is -0.149. The van der Waals surface area contributed by atoms with Gasteiger partial charge in [0, 0.05) is 10.9 Å². The van der Waals surface area contributed by atoms with Crippen LogP contribution in [0.1, 0.15) is 15.9 Å². The Bertz CT molecular complexity index is 1340. The molecule has 152 valence electrons. The van der Waals surface area contributed by atoms with E-state index in [2.05, 4.69) is 4.98 Å². The van der Waals surface area contributed by atoms with Crippen LogP contribution in [-0.2, 0) is 11.5 Å². The van der Waals surface area contributed by atoms with Crippen LogP contribution >= 0.6 is 0 Å². The number of rotatable bonds is 6. The smallest absolute Gasteiger partial charge is 0.386 e. The van der Waals surface area contributed by atoms with Gasteiger partial charge in [0.15, 0.2) is 5.75 Å². The van der Waals surface area contributed by atoms with Gasteiger partial charge in [-0.05, 0) is 35.9 Å². The summed E-state index contributed by atoms with van der Waals surface area (Å²) in [6.45, 7) is 0.359. The van der Waals surface area contributed by atoms with E-state index in [9.17, 15) is 4.79 Å². The van der Waals surface area contributed by atoms with Gasteiger partial charge in [-0.3, -0.25) is 4.89 Å². The van der Waals surface area contributed by atoms with Gasteiger partial charge in [-0.1, -0.05) is 66.7 Å². The Hall–Kier alpha value is -4.25. The predicted octanol–water partition coefficient (Wildman–Crippen LogP) is 6.05. The third-order valence-electron chi connectivity index (χ3n) is 5.03. The number of aromatic amines is 1. The second-order valence-electron chi connectivity index (χ2n) is 7.08. The van der Waals surface area contributed by atoms with E-state index in [1.165, 1.54) is 0 Å². The molecule has 0 aliphatic carbocycles. The molecule has 0 bridgehead atoms. The van der Waals surface area contributed by atoms with E-state index in [0.717, 1.165) is 27.4 Å². The van der Waals surface area contributed by atoms with Crippen molar-refractivity contribution in [3.8, 4) is 11.5 Å². The van der Waals surface area contributed by atoms with Crippen molar-refractivity contribution in [3.63, 3.8) is 0 Å². The monoisotopic (exact) mass is 409 g/mol. The highest BCUT2D eigenvalue weighted by Crippen LogP contribution is 2.40. The Morgan fingerprint density at radius 3 is 2.26 bits per heavy atom. The van der Waals surface area contributed by atoms with Crippen LogP contribution in [-0.4, -0.2) is 11.0 Å². The van der Waals surface area contributed by atoms with Crippen LogP contribution in [0.4, 0.5) is 0 Å². The van der Waals surface area contributed by atoms with Crippen molar-refractivity contribution >= 4 is 27.8 Å². The molecule has 1 aromatic heterocycles. The summed E-state index contributed by atoms with van der Waals surface area (Å²) in [5.41, 5.74) is 3.24. The van der Waals surface area contributed by atoms with Crippen molar-refractivity contribution in [2.45, 2.75) is 6.61 Å². The molecule has 0 atom stereocenters. The lowest BCUT2D eigenvalue weighted by atomic mass is 10.1. The zero-order valence-corrected chi connectivity index (χ0v) is 16.6. The molecular formula is C26H19NO4. The van der Waals surface area contributed by atoms with E-state index in [1.807, 2.05) is 72.8 Å². The van der Waals surface area contributed by atoms with Crippen LogP contribution in [0.25, 0.3) is 21.8 Å². The molecule has 0 aliphatic heterocycles. The van der Waals surface area contributed by atoms with Crippen molar-refractivity contribution in [1.82, 2.24) is 4.98 Å². The SMILES string of the molecule is O=C(OOc1c(OCc2ccccc2)ccc2[nH]c3ccccc3c12)c1ccccc1. The highest BCUT2D eigenvalue weighted by atomic mass is 17.2. The number of fused-ring (bicyclic) bond motifs is 3. The fourth-order valence-corrected chi connectivity index (χ4v) is 3.52. The number of carbonyl (C=O) groups is 1. The average molecular weight is 409 g/mol. The second-order valence-corrected chi connectivity index (χ2v) is 7.08. The molecule has 0 radical (unpaired) electrons. The summed E-state index contributed by atoms with van der Waals surface area (Å²) in [5, 5.41) is 1.75. The van der Waals surface area contributed by atoms with Gasteiger partial charge in [-0.15, -0.1) is 0 Å². The lowest BCUT2D eigenvalue weighted by Gasteiger charge is -2.13. The van der Waals surface area contributed by atoms with Crippen molar-refractivity contribution in [2.75, 3.05) is 0 Å². The quantitative estimate of drug-likeness (QED) is 0.274. The molecule has 5 heteroatoms. The van der Waals surface area contributed by atoms with E-state index in [0.29, 0.717) is 23.7 Å². The Labute approximate surface area is 178 Å². The van der Waals surface area contributed by atoms with Crippen LogP contribution in [0, 0.1) is 0 Å². The summed E-state index contributed by atoms with van der Waals surface area (Å²) in [5.74, 6) is 0.267. The first-order valence-electron chi connectivity index (χ1n) is 9.93. The topological polar surface area (TPSA) is 60.6 Å². The molecule has 1 heterocycles. The summed E-state index contributed by atoms with van der Waals surface area (Å²) >= 11 is 0. The van der Waals surface area contributed by atoms with Crippen molar-refractivity contribution in [1.29, 1.82) is 0 Å². The molecule has 4 aromatic carbocycles. The molecule has 5 aromatic rings. The Morgan fingerprint density at radius 1 is 0.742 bits per heavy atom. The molecule has 0 saturated heterocycles. The number of para-hydroxylation sites is 1. The zero-order valence-electron chi connectivity index (χ0n) is 16.6. The summed E-state index contributed by atoms with van der Waals surface area (Å²) < 4.78 is 6.06. The Kier molecular flexibility index (Phi) is 4.99. The minimum absolute atomic E-state index is 0.357. The van der Waals surface area contributed by atoms with Crippen LogP contribution in [0.3, 0.4) is 0 Å². The number of aromatic nitrogens is 1. The second kappa shape index (κ2) is 8.24. The molecular weight excluding hydrogens is 390 g/mol. The van der Waals surface area contributed by atoms with E-state index in [1.54, 1.807) is 24.3 Å². The van der Waals surface area contributed by atoms with E-state index in [4.69, 9.17) is 14.5 Å². The molecule has 0 amide bonds. The molecule has 0 saturated carbocycles. The summed E-state index contributed by atoms with van der Waals surface area (Å²) in [6.07, 6.45) is 0. The summed E-state index contributed by atoms with van der Waals surface area (Å²) in [4.78, 5) is 26.6. The largest absolute Gasteiger partial charge is 0.485 e. The number of carbonyl (C=O) groups excluding carboxylic acids is 1. The van der Waals surface area contributed by atoms with Gasteiger partial charge >= 0.3 is 5.97 Å². The van der Waals surface area contributed by atoms with Gasteiger partial charge in [0.25, 0.3) is 0 Å². The van der Waals surface area contributed by atoms with Gasteiger partial charge in [0.1, 0.15) is 6.61 Å². The number of hydrogen-bond acceptors (Lipinski definition) is 4. The lowest BCUT2D eigenvalue weighted by Crippen LogP contribution is -2.09. The zero-order chi connectivity index (χ0) is 21.0. The first kappa shape index (κ1) is 18.8. The first-order chi connectivity index (χ1) is 15.3. The maximum atomic E-state index is 12.5. The highest BCUT2D eigenvalue weighted by molar-refractivity contribution is 6.11. The molecule has 0 fully saturated rings. The highest BCUT2D eigenvalue weighted by Gasteiger charge is 2.19. The van der Waals surface area contributed by atoms with Gasteiger partial charge in [-0.25, -0.2) is 9.68 Å². The number of hydrogen-bond donors (Lipinski definition) is 1. The third kappa shape index (κ3) is 3.81. The van der Waals surface area contributed by atoms with E-state index < -0.39 is 5.97 Å². The van der Waals surface area contributed by atoms with Crippen LogP contribution in [0.15, 0.2) is 97.1 Å². The normalized spacial score (nSPS) is 10.8. The molecule has 0 spiro atoms. The van der Waals surface area contributed by atoms with Gasteiger partial charge in [0.2, 0.25) is 5.75 Å². The van der Waals surface area contributed by atoms with Crippen molar-refractivity contribution < 1.29 is 19.3 Å². The van der Waals surface area contributed by atoms with Crippen LogP contribution in [0.2, 0.25) is 0 Å². The third-order valence-corrected chi connectivity index (χ3v) is 5.03. The molecule has 0 unspecified atom stereocenters. The van der Waals surface area contributed by atoms with E-state index >= 15 is 0 Å². The van der Waals surface area contributed by atoms with Crippen LogP contribution < -0.4 is 9.62 Å². The molecule has 5 nitrogen and oxygen atoms in total. The predicted molar refractivity (Wildman–Crippen MR) is 119 cm³/mol. The van der Waals surface area contributed by atoms with Gasteiger partial charge < -0.3 is 9.72 Å². The molecule has 1 N–H and O–H groups in total. The number of H-pyrrole nitrogens is 1. The molecule has 31 heavy (non-hydrogen) atoms. The maximum absolute atomic E-state index is 12.5. The summed E-state index contributed by atoms with van der Waals surface area (Å²) in [7, 11) is 0. The van der Waals surface area contributed by atoms with Crippen LogP contribution in [0.5, 0.6) is 11.5 Å². The first-order valence-corrected chi connectivity index (χ1v) is 9.93. The number of nitrogens with one attached hydrogen (secondary N) is 1. The molecule has 5 rings (SSSR count). The van der Waals surface area contributed by atoms with Gasteiger partial charge in [0.05, 0.1) is 16.5 Å². The van der Waals surface area contributed by atoms with E-state index in [-0.39, 0.29) is 0 Å². The Morgan fingerprint density at radius 2 is 1.45 bits per heavy atom. The fraction of sp³-hybridized carbons (Fsp3) is 0.0385. The van der Waals surface area contributed by atoms with Crippen molar-refractivity contribution in [3.05, 3.63) is 108 Å². The van der Waals surface area contributed by atoms with Gasteiger partial charge in [-0.2, -0.15) is 0 Å². The minimum atomic E-state index is -0.577. The Balaban J connectivity index is 1.52. The maximum Gasteiger partial charge on any atom is 0.386 e. The molecule has 0 aliphatic rings. The standard InChI is InChI=1S/C26H19NO4/c28-26(19-11-5-2-6-12-19)31-30-25-23(29-17-18-9-3-1-4-10-18)16-15-22-24(25)20-13-7-8-14-21(20)27-22/h1-16,27H,17H2. The van der Waals surface area contributed by atoms with Crippen molar-refractivity contribution in [2.24, 2.45) is 0 Å². The minimum Gasteiger partial charge on any atom is -0.485 e. The fourth-order valence-electron chi connectivity index (χ4n) is 3.52. The number of ether oxygens (including phenoxy) is 1. The number of benzene rings is 4.